The zero-order valence-corrected chi connectivity index (χ0v) is 11.2. The Morgan fingerprint density at radius 3 is 2.88 bits per heavy atom. The predicted molar refractivity (Wildman–Crippen MR) is 72.2 cm³/mol. The molecule has 0 saturated heterocycles. The molecule has 2 nitrogen and oxygen atoms in total. The summed E-state index contributed by atoms with van der Waals surface area (Å²) in [4.78, 5) is 4.06. The average molecular weight is 253 g/mol. The zero-order chi connectivity index (χ0) is 12.1. The molecule has 2 rings (SSSR count). The molecule has 1 unspecified atom stereocenters. The van der Waals surface area contributed by atoms with Gasteiger partial charge in [-0.15, -0.1) is 0 Å². The lowest BCUT2D eigenvalue weighted by Gasteiger charge is -2.22. The Bertz CT molecular complexity index is 348. The normalized spacial score (nSPS) is 18.5. The molecule has 17 heavy (non-hydrogen) atoms. The van der Waals surface area contributed by atoms with Crippen LogP contribution in [0.1, 0.15) is 50.6 Å². The van der Waals surface area contributed by atoms with Crippen LogP contribution in [0.4, 0.5) is 0 Å². The highest BCUT2D eigenvalue weighted by molar-refractivity contribution is 6.31. The van der Waals surface area contributed by atoms with Crippen molar-refractivity contribution in [3.8, 4) is 0 Å². The van der Waals surface area contributed by atoms with E-state index in [1.54, 1.807) is 6.20 Å². The maximum Gasteiger partial charge on any atom is 0.0637 e. The van der Waals surface area contributed by atoms with Crippen LogP contribution in [0.15, 0.2) is 18.5 Å². The fourth-order valence-electron chi connectivity index (χ4n) is 2.81. The SMILES string of the molecule is CCNC(CC1CCCC1)c1ccncc1Cl. The van der Waals surface area contributed by atoms with E-state index in [-0.39, 0.29) is 0 Å². The van der Waals surface area contributed by atoms with Crippen molar-refractivity contribution in [2.24, 2.45) is 5.92 Å². The predicted octanol–water partition coefficient (Wildman–Crippen LogP) is 3.97. The standard InChI is InChI=1S/C14H21ClN2/c1-2-17-14(9-11-5-3-4-6-11)12-7-8-16-10-13(12)15/h7-8,10-11,14,17H,2-6,9H2,1H3. The maximum atomic E-state index is 6.24. The van der Waals surface area contributed by atoms with E-state index in [2.05, 4.69) is 17.2 Å². The largest absolute Gasteiger partial charge is 0.310 e. The van der Waals surface area contributed by atoms with Crippen LogP contribution in [0.2, 0.25) is 5.02 Å². The van der Waals surface area contributed by atoms with Crippen LogP contribution in [-0.2, 0) is 0 Å². The molecular weight excluding hydrogens is 232 g/mol. The van der Waals surface area contributed by atoms with Crippen molar-refractivity contribution in [1.82, 2.24) is 10.3 Å². The first-order valence-corrected chi connectivity index (χ1v) is 7.02. The number of rotatable bonds is 5. The molecule has 1 aromatic heterocycles. The lowest BCUT2D eigenvalue weighted by molar-refractivity contribution is 0.400. The highest BCUT2D eigenvalue weighted by Gasteiger charge is 2.22. The van der Waals surface area contributed by atoms with E-state index >= 15 is 0 Å². The number of hydrogen-bond donors (Lipinski definition) is 1. The lowest BCUT2D eigenvalue weighted by Crippen LogP contribution is -2.23. The third kappa shape index (κ3) is 3.43. The van der Waals surface area contributed by atoms with Gasteiger partial charge in [-0.1, -0.05) is 44.2 Å². The van der Waals surface area contributed by atoms with Crippen molar-refractivity contribution in [2.75, 3.05) is 6.54 Å². The van der Waals surface area contributed by atoms with Crippen LogP contribution in [0.3, 0.4) is 0 Å². The Balaban J connectivity index is 2.08. The van der Waals surface area contributed by atoms with Crippen molar-refractivity contribution < 1.29 is 0 Å². The first kappa shape index (κ1) is 12.8. The number of nitrogens with one attached hydrogen (secondary N) is 1. The fourth-order valence-corrected chi connectivity index (χ4v) is 3.07. The summed E-state index contributed by atoms with van der Waals surface area (Å²) in [6, 6.07) is 2.43. The summed E-state index contributed by atoms with van der Waals surface area (Å²) in [5.74, 6) is 0.864. The molecule has 1 atom stereocenters. The summed E-state index contributed by atoms with van der Waals surface area (Å²) >= 11 is 6.24. The van der Waals surface area contributed by atoms with Crippen molar-refractivity contribution in [1.29, 1.82) is 0 Å². The lowest BCUT2D eigenvalue weighted by atomic mass is 9.94. The molecular formula is C14H21ClN2. The van der Waals surface area contributed by atoms with Gasteiger partial charge >= 0.3 is 0 Å². The first-order chi connectivity index (χ1) is 8.31. The monoisotopic (exact) mass is 252 g/mol. The number of hydrogen-bond acceptors (Lipinski definition) is 2. The van der Waals surface area contributed by atoms with Crippen LogP contribution in [0.5, 0.6) is 0 Å². The molecule has 1 aromatic rings. The number of pyridine rings is 1. The Hall–Kier alpha value is -0.600. The van der Waals surface area contributed by atoms with Gasteiger partial charge in [0.15, 0.2) is 0 Å². The highest BCUT2D eigenvalue weighted by Crippen LogP contribution is 2.34. The van der Waals surface area contributed by atoms with Crippen molar-refractivity contribution >= 4 is 11.6 Å². The molecule has 0 aromatic carbocycles. The van der Waals surface area contributed by atoms with Crippen LogP contribution in [0.25, 0.3) is 0 Å². The minimum Gasteiger partial charge on any atom is -0.310 e. The molecule has 3 heteroatoms. The summed E-state index contributed by atoms with van der Waals surface area (Å²) in [5, 5.41) is 4.34. The Morgan fingerprint density at radius 1 is 1.47 bits per heavy atom. The van der Waals surface area contributed by atoms with E-state index in [0.717, 1.165) is 17.5 Å². The molecule has 0 bridgehead atoms. The van der Waals surface area contributed by atoms with E-state index < -0.39 is 0 Å². The molecule has 94 valence electrons. The smallest absolute Gasteiger partial charge is 0.0637 e. The molecule has 1 saturated carbocycles. The van der Waals surface area contributed by atoms with Gasteiger partial charge < -0.3 is 5.32 Å². The molecule has 0 spiro atoms. The highest BCUT2D eigenvalue weighted by atomic mass is 35.5. The third-order valence-corrected chi connectivity index (χ3v) is 3.99. The average Bonchev–Trinajstić information content (AvgIpc) is 2.82. The van der Waals surface area contributed by atoms with E-state index in [1.165, 1.54) is 37.7 Å². The third-order valence-electron chi connectivity index (χ3n) is 3.67. The summed E-state index contributed by atoms with van der Waals surface area (Å²) in [7, 11) is 0. The minimum atomic E-state index is 0.388. The Kier molecular flexibility index (Phi) is 4.81. The van der Waals surface area contributed by atoms with Gasteiger partial charge in [-0.25, -0.2) is 0 Å². The molecule has 1 heterocycles. The maximum absolute atomic E-state index is 6.24. The molecule has 1 fully saturated rings. The van der Waals surface area contributed by atoms with Gasteiger partial charge in [0.25, 0.3) is 0 Å². The number of halogens is 1. The molecule has 0 aliphatic heterocycles. The fraction of sp³-hybridized carbons (Fsp3) is 0.643. The van der Waals surface area contributed by atoms with Crippen LogP contribution in [-0.4, -0.2) is 11.5 Å². The number of aromatic nitrogens is 1. The van der Waals surface area contributed by atoms with Crippen molar-refractivity contribution in [3.63, 3.8) is 0 Å². The van der Waals surface area contributed by atoms with E-state index in [4.69, 9.17) is 11.6 Å². The summed E-state index contributed by atoms with van der Waals surface area (Å²) < 4.78 is 0. The van der Waals surface area contributed by atoms with Gasteiger partial charge in [0, 0.05) is 18.4 Å². The summed E-state index contributed by atoms with van der Waals surface area (Å²) in [6.45, 7) is 3.13. The van der Waals surface area contributed by atoms with Gasteiger partial charge in [0.2, 0.25) is 0 Å². The van der Waals surface area contributed by atoms with Gasteiger partial charge in [-0.05, 0) is 30.5 Å². The zero-order valence-electron chi connectivity index (χ0n) is 10.5. The number of nitrogens with zero attached hydrogens (tertiary/aromatic N) is 1. The van der Waals surface area contributed by atoms with Gasteiger partial charge in [-0.3, -0.25) is 4.98 Å². The van der Waals surface area contributed by atoms with Gasteiger partial charge in [0.1, 0.15) is 0 Å². The quantitative estimate of drug-likeness (QED) is 0.858. The van der Waals surface area contributed by atoms with E-state index in [0.29, 0.717) is 6.04 Å². The Morgan fingerprint density at radius 2 is 2.24 bits per heavy atom. The van der Waals surface area contributed by atoms with E-state index in [1.807, 2.05) is 12.3 Å². The van der Waals surface area contributed by atoms with Crippen LogP contribution >= 0.6 is 11.6 Å². The topological polar surface area (TPSA) is 24.9 Å². The van der Waals surface area contributed by atoms with Crippen molar-refractivity contribution in [3.05, 3.63) is 29.0 Å². The van der Waals surface area contributed by atoms with Gasteiger partial charge in [-0.2, -0.15) is 0 Å². The van der Waals surface area contributed by atoms with Crippen LogP contribution in [0, 0.1) is 5.92 Å². The minimum absolute atomic E-state index is 0.388. The summed E-state index contributed by atoms with van der Waals surface area (Å²) in [6.07, 6.45) is 10.3. The second-order valence-corrected chi connectivity index (χ2v) is 5.30. The summed E-state index contributed by atoms with van der Waals surface area (Å²) in [5.41, 5.74) is 1.20. The Labute approximate surface area is 109 Å². The molecule has 0 radical (unpaired) electrons. The van der Waals surface area contributed by atoms with Crippen LogP contribution < -0.4 is 5.32 Å². The first-order valence-electron chi connectivity index (χ1n) is 6.64. The second-order valence-electron chi connectivity index (χ2n) is 4.89. The molecule has 1 aliphatic carbocycles. The molecule has 0 amide bonds. The second kappa shape index (κ2) is 6.36. The van der Waals surface area contributed by atoms with Crippen molar-refractivity contribution in [2.45, 2.75) is 45.1 Å². The van der Waals surface area contributed by atoms with Gasteiger partial charge in [0.05, 0.1) is 5.02 Å². The molecule has 1 aliphatic rings. The van der Waals surface area contributed by atoms with E-state index in [9.17, 15) is 0 Å². The molecule has 1 N–H and O–H groups in total.